The van der Waals surface area contributed by atoms with E-state index >= 15 is 0 Å². The molecule has 0 fully saturated rings. The lowest BCUT2D eigenvalue weighted by Gasteiger charge is -2.34. The van der Waals surface area contributed by atoms with Gasteiger partial charge >= 0.3 is 0 Å². The van der Waals surface area contributed by atoms with E-state index in [1.807, 2.05) is 31.3 Å². The largest absolute Gasteiger partial charge is 0.337 e. The summed E-state index contributed by atoms with van der Waals surface area (Å²) in [7, 11) is 1.96. The molecule has 1 rings (SSSR count). The maximum atomic E-state index is 5.68. The quantitative estimate of drug-likeness (QED) is 0.778. The number of hydrogen-bond donors (Lipinski definition) is 1. The first-order chi connectivity index (χ1) is 6.47. The van der Waals surface area contributed by atoms with E-state index in [-0.39, 0.29) is 5.54 Å². The molecule has 0 aliphatic rings. The van der Waals surface area contributed by atoms with Gasteiger partial charge in [-0.3, -0.25) is 0 Å². The smallest absolute Gasteiger partial charge is 0.225 e. The monoisotopic (exact) mass is 194 g/mol. The van der Waals surface area contributed by atoms with Crippen LogP contribution in [-0.4, -0.2) is 29.1 Å². The molecule has 0 unspecified atom stereocenters. The molecule has 14 heavy (non-hydrogen) atoms. The van der Waals surface area contributed by atoms with Crippen molar-refractivity contribution in [1.29, 1.82) is 0 Å². The highest BCUT2D eigenvalue weighted by atomic mass is 15.3. The van der Waals surface area contributed by atoms with Gasteiger partial charge in [-0.2, -0.15) is 0 Å². The third-order valence-electron chi connectivity index (χ3n) is 2.47. The van der Waals surface area contributed by atoms with Crippen LogP contribution in [0, 0.1) is 6.92 Å². The summed E-state index contributed by atoms with van der Waals surface area (Å²) in [6, 6.07) is 0. The van der Waals surface area contributed by atoms with Gasteiger partial charge in [-0.1, -0.05) is 0 Å². The minimum Gasteiger partial charge on any atom is -0.337 e. The van der Waals surface area contributed by atoms with Crippen LogP contribution in [0.15, 0.2) is 12.4 Å². The Morgan fingerprint density at radius 1 is 1.36 bits per heavy atom. The first-order valence-corrected chi connectivity index (χ1v) is 4.70. The van der Waals surface area contributed by atoms with Gasteiger partial charge in [0.2, 0.25) is 5.95 Å². The number of likely N-dealkylation sites (N-methyl/N-ethyl adjacent to an activating group) is 1. The van der Waals surface area contributed by atoms with Crippen molar-refractivity contribution in [2.24, 2.45) is 5.73 Å². The van der Waals surface area contributed by atoms with Gasteiger partial charge in [0, 0.05) is 31.5 Å². The van der Waals surface area contributed by atoms with Crippen LogP contribution in [0.3, 0.4) is 0 Å². The van der Waals surface area contributed by atoms with Gasteiger partial charge in [-0.05, 0) is 26.3 Å². The molecule has 0 aliphatic heterocycles. The maximum absolute atomic E-state index is 5.68. The summed E-state index contributed by atoms with van der Waals surface area (Å²) in [5, 5.41) is 0. The Labute approximate surface area is 85.2 Å². The van der Waals surface area contributed by atoms with Crippen LogP contribution in [0.4, 0.5) is 5.95 Å². The second-order valence-electron chi connectivity index (χ2n) is 4.14. The van der Waals surface area contributed by atoms with Crippen molar-refractivity contribution >= 4 is 5.95 Å². The van der Waals surface area contributed by atoms with Crippen LogP contribution in [0.2, 0.25) is 0 Å². The molecule has 0 amide bonds. The fourth-order valence-corrected chi connectivity index (χ4v) is 0.967. The van der Waals surface area contributed by atoms with E-state index in [2.05, 4.69) is 23.8 Å². The van der Waals surface area contributed by atoms with E-state index in [1.54, 1.807) is 0 Å². The van der Waals surface area contributed by atoms with Gasteiger partial charge in [0.15, 0.2) is 0 Å². The molecule has 4 heteroatoms. The summed E-state index contributed by atoms with van der Waals surface area (Å²) < 4.78 is 0. The summed E-state index contributed by atoms with van der Waals surface area (Å²) in [4.78, 5) is 10.5. The normalized spacial score (nSPS) is 11.5. The van der Waals surface area contributed by atoms with Gasteiger partial charge in [0.1, 0.15) is 0 Å². The number of nitrogens with two attached hydrogens (primary N) is 1. The Balaban J connectivity index is 2.89. The van der Waals surface area contributed by atoms with E-state index in [9.17, 15) is 0 Å². The number of anilines is 1. The van der Waals surface area contributed by atoms with E-state index in [0.29, 0.717) is 12.5 Å². The van der Waals surface area contributed by atoms with Crippen molar-refractivity contribution in [2.75, 3.05) is 18.5 Å². The van der Waals surface area contributed by atoms with E-state index in [1.165, 1.54) is 0 Å². The van der Waals surface area contributed by atoms with Crippen molar-refractivity contribution < 1.29 is 0 Å². The highest BCUT2D eigenvalue weighted by Gasteiger charge is 2.23. The predicted octanol–water partition coefficient (Wildman–Crippen LogP) is 0.959. The highest BCUT2D eigenvalue weighted by Crippen LogP contribution is 2.16. The van der Waals surface area contributed by atoms with Crippen LogP contribution in [0.5, 0.6) is 0 Å². The number of aromatic nitrogens is 2. The average Bonchev–Trinajstić information content (AvgIpc) is 2.18. The fourth-order valence-electron chi connectivity index (χ4n) is 0.967. The number of nitrogens with zero attached hydrogens (tertiary/aromatic N) is 3. The van der Waals surface area contributed by atoms with Crippen LogP contribution < -0.4 is 10.6 Å². The molecule has 0 atom stereocenters. The summed E-state index contributed by atoms with van der Waals surface area (Å²) in [5.41, 5.74) is 6.62. The summed E-state index contributed by atoms with van der Waals surface area (Å²) in [5.74, 6) is 0.714. The third-order valence-corrected chi connectivity index (χ3v) is 2.47. The molecule has 1 aromatic heterocycles. The zero-order chi connectivity index (χ0) is 10.8. The van der Waals surface area contributed by atoms with Gasteiger partial charge in [-0.15, -0.1) is 0 Å². The summed E-state index contributed by atoms with van der Waals surface area (Å²) in [6.45, 7) is 6.67. The fraction of sp³-hybridized carbons (Fsp3) is 0.600. The number of rotatable bonds is 3. The molecule has 1 heterocycles. The molecule has 0 radical (unpaired) electrons. The maximum Gasteiger partial charge on any atom is 0.225 e. The Morgan fingerprint density at radius 2 is 1.86 bits per heavy atom. The molecule has 1 aromatic rings. The second-order valence-corrected chi connectivity index (χ2v) is 4.14. The molecule has 4 nitrogen and oxygen atoms in total. The molecular weight excluding hydrogens is 176 g/mol. The number of hydrogen-bond acceptors (Lipinski definition) is 4. The Morgan fingerprint density at radius 3 is 2.29 bits per heavy atom. The van der Waals surface area contributed by atoms with E-state index < -0.39 is 0 Å². The van der Waals surface area contributed by atoms with E-state index in [0.717, 1.165) is 5.56 Å². The minimum atomic E-state index is -0.116. The molecule has 0 bridgehead atoms. The molecule has 0 saturated heterocycles. The Kier molecular flexibility index (Phi) is 3.06. The summed E-state index contributed by atoms with van der Waals surface area (Å²) >= 11 is 0. The lowest BCUT2D eigenvalue weighted by atomic mass is 10.1. The van der Waals surface area contributed by atoms with Gasteiger partial charge in [0.25, 0.3) is 0 Å². The minimum absolute atomic E-state index is 0.116. The van der Waals surface area contributed by atoms with Crippen LogP contribution in [0.25, 0.3) is 0 Å². The van der Waals surface area contributed by atoms with Crippen molar-refractivity contribution in [3.8, 4) is 0 Å². The third kappa shape index (κ3) is 2.20. The molecule has 0 aliphatic carbocycles. The van der Waals surface area contributed by atoms with Crippen LogP contribution in [0.1, 0.15) is 19.4 Å². The highest BCUT2D eigenvalue weighted by molar-refractivity contribution is 5.32. The lowest BCUT2D eigenvalue weighted by molar-refractivity contribution is 0.490. The van der Waals surface area contributed by atoms with Crippen molar-refractivity contribution in [2.45, 2.75) is 26.3 Å². The Hall–Kier alpha value is -1.16. The Bertz CT molecular complexity index is 291. The first-order valence-electron chi connectivity index (χ1n) is 4.70. The van der Waals surface area contributed by atoms with Gasteiger partial charge in [-0.25, -0.2) is 9.97 Å². The SMILES string of the molecule is Cc1cnc(N(C)C(C)(C)CN)nc1. The van der Waals surface area contributed by atoms with Crippen molar-refractivity contribution in [1.82, 2.24) is 9.97 Å². The molecular formula is C10H18N4. The van der Waals surface area contributed by atoms with Crippen molar-refractivity contribution in [3.05, 3.63) is 18.0 Å². The molecule has 0 saturated carbocycles. The van der Waals surface area contributed by atoms with Crippen molar-refractivity contribution in [3.63, 3.8) is 0 Å². The molecule has 0 spiro atoms. The molecule has 0 aromatic carbocycles. The number of aryl methyl sites for hydroxylation is 1. The zero-order valence-corrected chi connectivity index (χ0v) is 9.28. The topological polar surface area (TPSA) is 55.0 Å². The zero-order valence-electron chi connectivity index (χ0n) is 9.28. The molecule has 78 valence electrons. The van der Waals surface area contributed by atoms with Crippen LogP contribution >= 0.6 is 0 Å². The first kappa shape index (κ1) is 10.9. The van der Waals surface area contributed by atoms with E-state index in [4.69, 9.17) is 5.73 Å². The van der Waals surface area contributed by atoms with Gasteiger partial charge in [0.05, 0.1) is 0 Å². The summed E-state index contributed by atoms with van der Waals surface area (Å²) in [6.07, 6.45) is 3.62. The average molecular weight is 194 g/mol. The molecule has 2 N–H and O–H groups in total. The standard InChI is InChI=1S/C10H18N4/c1-8-5-12-9(13-6-8)14(4)10(2,3)7-11/h5-6H,7,11H2,1-4H3. The van der Waals surface area contributed by atoms with Gasteiger partial charge < -0.3 is 10.6 Å². The van der Waals surface area contributed by atoms with Crippen LogP contribution in [-0.2, 0) is 0 Å². The second kappa shape index (κ2) is 3.92. The lowest BCUT2D eigenvalue weighted by Crippen LogP contribution is -2.48. The predicted molar refractivity (Wildman–Crippen MR) is 58.3 cm³/mol.